The molecule has 0 atom stereocenters. The molecule has 0 saturated carbocycles. The molecule has 94 valence electrons. The number of rotatable bonds is 3. The Morgan fingerprint density at radius 1 is 1.28 bits per heavy atom. The van der Waals surface area contributed by atoms with Crippen molar-refractivity contribution in [1.82, 2.24) is 0 Å². The molecule has 1 aromatic carbocycles. The van der Waals surface area contributed by atoms with Gasteiger partial charge in [0, 0.05) is 5.02 Å². The molecule has 1 heterocycles. The first-order chi connectivity index (χ1) is 8.47. The number of carbonyl (C=O) groups is 1. The van der Waals surface area contributed by atoms with Gasteiger partial charge in [0.25, 0.3) is 0 Å². The first-order valence-corrected chi connectivity index (χ1v) is 6.44. The quantitative estimate of drug-likeness (QED) is 0.901. The van der Waals surface area contributed by atoms with Crippen LogP contribution in [-0.2, 0) is 0 Å². The number of ether oxygens (including phenoxy) is 1. The lowest BCUT2D eigenvalue weighted by atomic mass is 10.1. The highest BCUT2D eigenvalue weighted by atomic mass is 35.5. The fourth-order valence-electron chi connectivity index (χ4n) is 1.65. The van der Waals surface area contributed by atoms with Crippen LogP contribution in [0.3, 0.4) is 0 Å². The Balaban J connectivity index is 2.31. The second kappa shape index (κ2) is 5.00. The van der Waals surface area contributed by atoms with Crippen LogP contribution in [0.25, 0.3) is 0 Å². The number of hydrogen-bond acceptors (Lipinski definition) is 3. The smallest absolute Gasteiger partial charge is 0.345 e. The van der Waals surface area contributed by atoms with Gasteiger partial charge in [-0.1, -0.05) is 22.9 Å². The summed E-state index contributed by atoms with van der Waals surface area (Å²) in [6, 6.07) is 6.82. The van der Waals surface area contributed by atoms with Crippen LogP contribution in [0.15, 0.2) is 24.3 Å². The number of carboxylic acid groups (broad SMARTS) is 1. The van der Waals surface area contributed by atoms with Crippen LogP contribution < -0.4 is 4.74 Å². The van der Waals surface area contributed by atoms with Gasteiger partial charge in [0.1, 0.15) is 10.6 Å². The van der Waals surface area contributed by atoms with Crippen molar-refractivity contribution in [3.8, 4) is 10.8 Å². The third kappa shape index (κ3) is 2.66. The van der Waals surface area contributed by atoms with E-state index in [-0.39, 0.29) is 4.88 Å². The maximum Gasteiger partial charge on any atom is 0.345 e. The molecule has 3 nitrogen and oxygen atoms in total. The van der Waals surface area contributed by atoms with Gasteiger partial charge in [0.2, 0.25) is 0 Å². The standard InChI is InChI=1S/C13H11ClO3S/c1-7-5-9(14)6-8(2)12(7)17-11-4-3-10(18-11)13(15)16/h3-6H,1-2H3,(H,15,16). The van der Waals surface area contributed by atoms with Crippen molar-refractivity contribution in [2.45, 2.75) is 13.8 Å². The first-order valence-electron chi connectivity index (χ1n) is 5.25. The number of aromatic carboxylic acids is 1. The van der Waals surface area contributed by atoms with E-state index in [0.717, 1.165) is 28.2 Å². The second-order valence-electron chi connectivity index (χ2n) is 3.89. The number of halogens is 1. The molecule has 0 aliphatic rings. The van der Waals surface area contributed by atoms with Crippen LogP contribution >= 0.6 is 22.9 Å². The molecule has 2 aromatic rings. The maximum atomic E-state index is 10.8. The summed E-state index contributed by atoms with van der Waals surface area (Å²) in [5.74, 6) is -0.224. The first kappa shape index (κ1) is 12.9. The Morgan fingerprint density at radius 2 is 1.89 bits per heavy atom. The zero-order valence-electron chi connectivity index (χ0n) is 9.86. The average molecular weight is 283 g/mol. The van der Waals surface area contributed by atoms with Crippen molar-refractivity contribution >= 4 is 28.9 Å². The van der Waals surface area contributed by atoms with E-state index in [9.17, 15) is 4.79 Å². The van der Waals surface area contributed by atoms with E-state index in [0.29, 0.717) is 10.1 Å². The molecule has 0 amide bonds. The Kier molecular flexibility index (Phi) is 3.59. The summed E-state index contributed by atoms with van der Waals surface area (Å²) in [6.45, 7) is 3.81. The SMILES string of the molecule is Cc1cc(Cl)cc(C)c1Oc1ccc(C(=O)O)s1. The highest BCUT2D eigenvalue weighted by Crippen LogP contribution is 2.34. The molecule has 0 fully saturated rings. The summed E-state index contributed by atoms with van der Waals surface area (Å²) in [5, 5.41) is 10.1. The number of thiophene rings is 1. The van der Waals surface area contributed by atoms with Gasteiger partial charge in [-0.15, -0.1) is 0 Å². The molecule has 0 unspecified atom stereocenters. The number of hydrogen-bond donors (Lipinski definition) is 1. The van der Waals surface area contributed by atoms with Gasteiger partial charge in [0.15, 0.2) is 5.06 Å². The van der Waals surface area contributed by atoms with Gasteiger partial charge in [-0.25, -0.2) is 4.79 Å². The van der Waals surface area contributed by atoms with E-state index >= 15 is 0 Å². The van der Waals surface area contributed by atoms with Crippen LogP contribution in [0.4, 0.5) is 0 Å². The summed E-state index contributed by atoms with van der Waals surface area (Å²) >= 11 is 7.04. The molecule has 0 bridgehead atoms. The minimum absolute atomic E-state index is 0.259. The topological polar surface area (TPSA) is 46.5 Å². The highest BCUT2D eigenvalue weighted by molar-refractivity contribution is 7.15. The van der Waals surface area contributed by atoms with Gasteiger partial charge in [0.05, 0.1) is 0 Å². The molecular weight excluding hydrogens is 272 g/mol. The lowest BCUT2D eigenvalue weighted by molar-refractivity contribution is 0.0702. The normalized spacial score (nSPS) is 10.4. The third-order valence-corrected chi connectivity index (χ3v) is 3.59. The van der Waals surface area contributed by atoms with Crippen LogP contribution in [0.1, 0.15) is 20.8 Å². The van der Waals surface area contributed by atoms with Crippen LogP contribution in [0.2, 0.25) is 5.02 Å². The van der Waals surface area contributed by atoms with Gasteiger partial charge in [-0.2, -0.15) is 0 Å². The van der Waals surface area contributed by atoms with Gasteiger partial charge in [-0.05, 0) is 49.2 Å². The van der Waals surface area contributed by atoms with E-state index in [1.807, 2.05) is 26.0 Å². The van der Waals surface area contributed by atoms with Crippen molar-refractivity contribution < 1.29 is 14.6 Å². The van der Waals surface area contributed by atoms with Gasteiger partial charge < -0.3 is 9.84 Å². The lowest BCUT2D eigenvalue weighted by Gasteiger charge is -2.10. The predicted molar refractivity (Wildman–Crippen MR) is 72.3 cm³/mol. The summed E-state index contributed by atoms with van der Waals surface area (Å²) in [7, 11) is 0. The largest absolute Gasteiger partial charge is 0.477 e. The van der Waals surface area contributed by atoms with Crippen molar-refractivity contribution in [2.24, 2.45) is 0 Å². The van der Waals surface area contributed by atoms with Crippen molar-refractivity contribution in [3.05, 3.63) is 45.3 Å². The van der Waals surface area contributed by atoms with E-state index in [1.165, 1.54) is 6.07 Å². The summed E-state index contributed by atoms with van der Waals surface area (Å²) in [5.41, 5.74) is 1.84. The minimum Gasteiger partial charge on any atom is -0.477 e. The number of carboxylic acids is 1. The Morgan fingerprint density at radius 3 is 2.39 bits per heavy atom. The Bertz CT molecular complexity index is 581. The zero-order chi connectivity index (χ0) is 13.3. The van der Waals surface area contributed by atoms with Gasteiger partial charge >= 0.3 is 5.97 Å². The van der Waals surface area contributed by atoms with E-state index in [2.05, 4.69) is 0 Å². The number of benzene rings is 1. The molecule has 1 N–H and O–H groups in total. The second-order valence-corrected chi connectivity index (χ2v) is 5.38. The molecule has 2 rings (SSSR count). The molecule has 0 spiro atoms. The molecule has 0 saturated heterocycles. The number of aryl methyl sites for hydroxylation is 2. The summed E-state index contributed by atoms with van der Waals surface area (Å²) in [6.07, 6.45) is 0. The molecule has 0 aliphatic heterocycles. The fraction of sp³-hybridized carbons (Fsp3) is 0.154. The average Bonchev–Trinajstić information content (AvgIpc) is 2.71. The monoisotopic (exact) mass is 282 g/mol. The van der Waals surface area contributed by atoms with Crippen molar-refractivity contribution in [2.75, 3.05) is 0 Å². The summed E-state index contributed by atoms with van der Waals surface area (Å²) in [4.78, 5) is 11.0. The molecule has 0 aliphatic carbocycles. The third-order valence-electron chi connectivity index (χ3n) is 2.42. The van der Waals surface area contributed by atoms with Gasteiger partial charge in [-0.3, -0.25) is 0 Å². The van der Waals surface area contributed by atoms with E-state index in [1.54, 1.807) is 6.07 Å². The van der Waals surface area contributed by atoms with Crippen molar-refractivity contribution in [3.63, 3.8) is 0 Å². The maximum absolute atomic E-state index is 10.8. The van der Waals surface area contributed by atoms with E-state index < -0.39 is 5.97 Å². The summed E-state index contributed by atoms with van der Waals surface area (Å²) < 4.78 is 5.72. The Hall–Kier alpha value is -1.52. The van der Waals surface area contributed by atoms with Crippen LogP contribution in [-0.4, -0.2) is 11.1 Å². The Labute approximate surface area is 114 Å². The predicted octanol–water partition coefficient (Wildman–Crippen LogP) is 4.51. The van der Waals surface area contributed by atoms with Crippen molar-refractivity contribution in [1.29, 1.82) is 0 Å². The molecule has 0 radical (unpaired) electrons. The van der Waals surface area contributed by atoms with E-state index in [4.69, 9.17) is 21.4 Å². The minimum atomic E-state index is -0.945. The lowest BCUT2D eigenvalue weighted by Crippen LogP contribution is -1.90. The molecule has 5 heteroatoms. The molecule has 1 aromatic heterocycles. The van der Waals surface area contributed by atoms with Crippen LogP contribution in [0.5, 0.6) is 10.8 Å². The molecule has 18 heavy (non-hydrogen) atoms. The van der Waals surface area contributed by atoms with Crippen LogP contribution in [0, 0.1) is 13.8 Å². The fourth-order valence-corrected chi connectivity index (χ4v) is 2.68. The highest BCUT2D eigenvalue weighted by Gasteiger charge is 2.11. The molecular formula is C13H11ClO3S. The zero-order valence-corrected chi connectivity index (χ0v) is 11.4.